The largest absolute Gasteiger partial charge is 0.352 e. The maximum atomic E-state index is 13.2. The number of hydrogen-bond acceptors (Lipinski definition) is 4. The minimum absolute atomic E-state index is 0.177. The Balaban J connectivity index is 1.46. The molecule has 2 aromatic carbocycles. The lowest BCUT2D eigenvalue weighted by Crippen LogP contribution is -2.24. The molecule has 31 heavy (non-hydrogen) atoms. The van der Waals surface area contributed by atoms with E-state index in [1.54, 1.807) is 30.3 Å². The monoisotopic (exact) mass is 434 g/mol. The predicted octanol–water partition coefficient (Wildman–Crippen LogP) is 5.16. The van der Waals surface area contributed by atoms with Gasteiger partial charge in [0.25, 0.3) is 5.91 Å². The Morgan fingerprint density at radius 1 is 1.03 bits per heavy atom. The van der Waals surface area contributed by atoms with E-state index in [1.165, 1.54) is 12.1 Å². The molecular formula is C24H20ClFN4O. The van der Waals surface area contributed by atoms with Gasteiger partial charge in [-0.1, -0.05) is 17.7 Å². The van der Waals surface area contributed by atoms with E-state index in [4.69, 9.17) is 11.6 Å². The lowest BCUT2D eigenvalue weighted by Gasteiger charge is -2.08. The highest BCUT2D eigenvalue weighted by Crippen LogP contribution is 2.27. The number of carbonyl (C=O) groups is 1. The Morgan fingerprint density at radius 2 is 1.84 bits per heavy atom. The van der Waals surface area contributed by atoms with Crippen molar-refractivity contribution >= 4 is 28.5 Å². The molecule has 0 aliphatic rings. The van der Waals surface area contributed by atoms with Crippen LogP contribution in [0.5, 0.6) is 0 Å². The summed E-state index contributed by atoms with van der Waals surface area (Å²) in [5.41, 5.74) is 4.85. The highest BCUT2D eigenvalue weighted by molar-refractivity contribution is 6.32. The lowest BCUT2D eigenvalue weighted by molar-refractivity contribution is 0.0953. The summed E-state index contributed by atoms with van der Waals surface area (Å²) in [7, 11) is 0. The zero-order valence-electron chi connectivity index (χ0n) is 16.9. The first kappa shape index (κ1) is 20.9. The highest BCUT2D eigenvalue weighted by Gasteiger charge is 2.12. The fourth-order valence-electron chi connectivity index (χ4n) is 3.21. The van der Waals surface area contributed by atoms with E-state index < -0.39 is 0 Å². The van der Waals surface area contributed by atoms with Crippen molar-refractivity contribution in [2.75, 3.05) is 6.54 Å². The first-order valence-electron chi connectivity index (χ1n) is 9.92. The molecule has 0 spiro atoms. The first-order valence-corrected chi connectivity index (χ1v) is 10.3. The number of fused-ring (bicyclic) bond motifs is 1. The lowest BCUT2D eigenvalue weighted by atomic mass is 10.1. The van der Waals surface area contributed by atoms with Crippen LogP contribution in [0.1, 0.15) is 28.0 Å². The first-order chi connectivity index (χ1) is 15.0. The Morgan fingerprint density at radius 3 is 2.58 bits per heavy atom. The number of amides is 1. The van der Waals surface area contributed by atoms with Gasteiger partial charge in [0.2, 0.25) is 0 Å². The third-order valence-electron chi connectivity index (χ3n) is 4.90. The second-order valence-electron chi connectivity index (χ2n) is 7.24. The maximum Gasteiger partial charge on any atom is 0.251 e. The van der Waals surface area contributed by atoms with Gasteiger partial charge in [-0.25, -0.2) is 14.4 Å². The summed E-state index contributed by atoms with van der Waals surface area (Å²) in [6, 6.07) is 15.0. The Hall–Kier alpha value is -3.38. The van der Waals surface area contributed by atoms with Gasteiger partial charge in [0.05, 0.1) is 11.0 Å². The number of hydrogen-bond donors (Lipinski definition) is 1. The van der Waals surface area contributed by atoms with Crippen molar-refractivity contribution < 1.29 is 9.18 Å². The summed E-state index contributed by atoms with van der Waals surface area (Å²) in [5, 5.41) is 3.16. The van der Waals surface area contributed by atoms with Crippen LogP contribution in [0.4, 0.5) is 4.39 Å². The third-order valence-corrected chi connectivity index (χ3v) is 5.17. The fourth-order valence-corrected chi connectivity index (χ4v) is 3.45. The standard InChI is InChI=1S/C24H20ClFN4O/c1-15-4-5-16(14-28-15)3-2-12-27-24(31)18-8-11-20-21(13-18)29-22(23(25)30-20)17-6-9-19(26)10-7-17/h4-11,13-14H,2-3,12H2,1H3,(H,27,31). The molecule has 0 saturated carbocycles. The summed E-state index contributed by atoms with van der Waals surface area (Å²) < 4.78 is 13.2. The number of halogens is 2. The number of carbonyl (C=O) groups excluding carboxylic acids is 1. The molecule has 2 aromatic heterocycles. The van der Waals surface area contributed by atoms with Gasteiger partial charge < -0.3 is 5.32 Å². The molecule has 5 nitrogen and oxygen atoms in total. The van der Waals surface area contributed by atoms with Crippen molar-refractivity contribution in [2.24, 2.45) is 0 Å². The Labute approximate surface area is 184 Å². The van der Waals surface area contributed by atoms with Gasteiger partial charge in [0, 0.05) is 29.6 Å². The topological polar surface area (TPSA) is 67.8 Å². The zero-order chi connectivity index (χ0) is 21.8. The number of pyridine rings is 1. The molecule has 0 fully saturated rings. The van der Waals surface area contributed by atoms with Crippen molar-refractivity contribution in [1.82, 2.24) is 20.3 Å². The average molecular weight is 435 g/mol. The highest BCUT2D eigenvalue weighted by atomic mass is 35.5. The summed E-state index contributed by atoms with van der Waals surface area (Å²) in [6.45, 7) is 2.51. The molecule has 1 N–H and O–H groups in total. The van der Waals surface area contributed by atoms with Gasteiger partial charge in [-0.2, -0.15) is 0 Å². The molecule has 0 atom stereocenters. The van der Waals surface area contributed by atoms with E-state index in [1.807, 2.05) is 19.2 Å². The number of aromatic nitrogens is 3. The van der Waals surface area contributed by atoms with Gasteiger partial charge in [0.1, 0.15) is 11.5 Å². The number of nitrogens with one attached hydrogen (secondary N) is 1. The average Bonchev–Trinajstić information content (AvgIpc) is 2.77. The van der Waals surface area contributed by atoms with E-state index in [-0.39, 0.29) is 16.9 Å². The van der Waals surface area contributed by atoms with Gasteiger partial charge in [-0.3, -0.25) is 9.78 Å². The van der Waals surface area contributed by atoms with E-state index >= 15 is 0 Å². The SMILES string of the molecule is Cc1ccc(CCCNC(=O)c2ccc3nc(Cl)c(-c4ccc(F)cc4)nc3c2)cn1. The molecular weight excluding hydrogens is 415 g/mol. The van der Waals surface area contributed by atoms with Crippen molar-refractivity contribution in [3.8, 4) is 11.3 Å². The summed E-state index contributed by atoms with van der Waals surface area (Å²) >= 11 is 6.27. The summed E-state index contributed by atoms with van der Waals surface area (Å²) in [4.78, 5) is 25.8. The predicted molar refractivity (Wildman–Crippen MR) is 120 cm³/mol. The van der Waals surface area contributed by atoms with Gasteiger partial charge in [-0.05, 0) is 73.9 Å². The molecule has 7 heteroatoms. The van der Waals surface area contributed by atoms with Crippen LogP contribution in [-0.2, 0) is 6.42 Å². The molecule has 2 heterocycles. The van der Waals surface area contributed by atoms with E-state index in [9.17, 15) is 9.18 Å². The van der Waals surface area contributed by atoms with Crippen LogP contribution in [0, 0.1) is 12.7 Å². The van der Waals surface area contributed by atoms with Crippen LogP contribution in [0.3, 0.4) is 0 Å². The molecule has 1 amide bonds. The number of benzene rings is 2. The van der Waals surface area contributed by atoms with Gasteiger partial charge >= 0.3 is 0 Å². The third kappa shape index (κ3) is 5.03. The maximum absolute atomic E-state index is 13.2. The molecule has 0 aliphatic heterocycles. The molecule has 0 aliphatic carbocycles. The minimum atomic E-state index is -0.341. The minimum Gasteiger partial charge on any atom is -0.352 e. The normalized spacial score (nSPS) is 10.9. The molecule has 0 unspecified atom stereocenters. The van der Waals surface area contributed by atoms with Gasteiger partial charge in [0.15, 0.2) is 5.15 Å². The van der Waals surface area contributed by atoms with Crippen molar-refractivity contribution in [3.05, 3.63) is 88.6 Å². The summed E-state index contributed by atoms with van der Waals surface area (Å²) in [5.74, 6) is -0.518. The van der Waals surface area contributed by atoms with E-state index in [2.05, 4.69) is 26.3 Å². The van der Waals surface area contributed by atoms with Crippen LogP contribution < -0.4 is 5.32 Å². The molecule has 4 rings (SSSR count). The van der Waals surface area contributed by atoms with Crippen LogP contribution >= 0.6 is 11.6 Å². The van der Waals surface area contributed by atoms with Crippen LogP contribution in [0.2, 0.25) is 5.15 Å². The Kier molecular flexibility index (Phi) is 6.18. The van der Waals surface area contributed by atoms with E-state index in [0.717, 1.165) is 24.1 Å². The van der Waals surface area contributed by atoms with E-state index in [0.29, 0.717) is 34.4 Å². The second-order valence-corrected chi connectivity index (χ2v) is 7.60. The zero-order valence-corrected chi connectivity index (χ0v) is 17.7. The smallest absolute Gasteiger partial charge is 0.251 e. The summed E-state index contributed by atoms with van der Waals surface area (Å²) in [6.07, 6.45) is 3.52. The van der Waals surface area contributed by atoms with Crippen molar-refractivity contribution in [1.29, 1.82) is 0 Å². The molecule has 4 aromatic rings. The number of aryl methyl sites for hydroxylation is 2. The molecule has 0 bridgehead atoms. The fraction of sp³-hybridized carbons (Fsp3) is 0.167. The molecule has 0 saturated heterocycles. The van der Waals surface area contributed by atoms with Crippen LogP contribution in [-0.4, -0.2) is 27.4 Å². The van der Waals surface area contributed by atoms with Crippen molar-refractivity contribution in [2.45, 2.75) is 19.8 Å². The molecule has 156 valence electrons. The second kappa shape index (κ2) is 9.18. The number of rotatable bonds is 6. The molecule has 0 radical (unpaired) electrons. The van der Waals surface area contributed by atoms with Gasteiger partial charge in [-0.15, -0.1) is 0 Å². The Bertz CT molecular complexity index is 1230. The quantitative estimate of drug-likeness (QED) is 0.426. The number of nitrogens with zero attached hydrogens (tertiary/aromatic N) is 3. The van der Waals surface area contributed by atoms with Crippen LogP contribution in [0.15, 0.2) is 60.8 Å². The van der Waals surface area contributed by atoms with Crippen LogP contribution in [0.25, 0.3) is 22.3 Å². The van der Waals surface area contributed by atoms with Crippen molar-refractivity contribution in [3.63, 3.8) is 0 Å².